The lowest BCUT2D eigenvalue weighted by molar-refractivity contribution is -0.113. The fourth-order valence-corrected chi connectivity index (χ4v) is 5.81. The van der Waals surface area contributed by atoms with E-state index >= 15 is 0 Å². The van der Waals surface area contributed by atoms with Gasteiger partial charge in [-0.05, 0) is 98.3 Å². The van der Waals surface area contributed by atoms with Gasteiger partial charge in [-0.15, -0.1) is 0 Å². The van der Waals surface area contributed by atoms with Gasteiger partial charge in [0, 0.05) is 0 Å². The molecule has 1 saturated heterocycles. The lowest BCUT2D eigenvalue weighted by Gasteiger charge is -2.16. The number of nitrogens with zero attached hydrogens (tertiary/aromatic N) is 2. The minimum Gasteiger partial charge on any atom is -0.490 e. The quantitative estimate of drug-likeness (QED) is 0.180. The fourth-order valence-electron chi connectivity index (χ4n) is 4.21. The number of amides is 1. The maximum absolute atomic E-state index is 13.8. The van der Waals surface area contributed by atoms with Crippen molar-refractivity contribution in [2.45, 2.75) is 27.4 Å². The molecule has 214 valence electrons. The first-order chi connectivity index (χ1) is 20.2. The normalized spacial score (nSPS) is 15.1. The molecule has 1 fully saturated rings. The number of thioether (sulfide) groups is 1. The van der Waals surface area contributed by atoms with Crippen molar-refractivity contribution in [2.75, 3.05) is 11.5 Å². The molecule has 0 N–H and O–H groups in total. The lowest BCUT2D eigenvalue weighted by atomic mass is 10.1. The molecule has 1 amide bonds. The average Bonchev–Trinajstić information content (AvgIpc) is 3.26. The highest BCUT2D eigenvalue weighted by Crippen LogP contribution is 2.41. The van der Waals surface area contributed by atoms with Gasteiger partial charge in [0.2, 0.25) is 0 Å². The Hall–Kier alpha value is -3.42. The third kappa shape index (κ3) is 6.96. The molecule has 1 aliphatic heterocycles. The van der Waals surface area contributed by atoms with Crippen molar-refractivity contribution in [1.82, 2.24) is 0 Å². The van der Waals surface area contributed by atoms with Crippen molar-refractivity contribution in [2.24, 2.45) is 4.99 Å². The molecule has 0 saturated carbocycles. The second kappa shape index (κ2) is 13.3. The van der Waals surface area contributed by atoms with Crippen LogP contribution in [0.2, 0.25) is 15.1 Å². The molecule has 1 heterocycles. The molecule has 0 aromatic heterocycles. The number of aliphatic imine (C=N–C) groups is 1. The van der Waals surface area contributed by atoms with Gasteiger partial charge < -0.3 is 9.47 Å². The van der Waals surface area contributed by atoms with Gasteiger partial charge in [-0.2, -0.15) is 0 Å². The van der Waals surface area contributed by atoms with Crippen LogP contribution in [0.4, 0.5) is 11.4 Å². The summed E-state index contributed by atoms with van der Waals surface area (Å²) < 4.78 is 11.9. The number of ether oxygens (including phenoxy) is 2. The van der Waals surface area contributed by atoms with Crippen LogP contribution in [-0.2, 0) is 11.4 Å². The summed E-state index contributed by atoms with van der Waals surface area (Å²) in [4.78, 5) is 20.7. The second-order valence-electron chi connectivity index (χ2n) is 9.62. The first kappa shape index (κ1) is 30.1. The summed E-state index contributed by atoms with van der Waals surface area (Å²) in [6, 6.07) is 24.5. The van der Waals surface area contributed by atoms with E-state index in [9.17, 15) is 4.79 Å². The number of amidine groups is 1. The summed E-state index contributed by atoms with van der Waals surface area (Å²) in [5, 5.41) is 1.83. The maximum Gasteiger partial charge on any atom is 0.271 e. The zero-order chi connectivity index (χ0) is 29.8. The van der Waals surface area contributed by atoms with E-state index < -0.39 is 0 Å². The van der Waals surface area contributed by atoms with Crippen molar-refractivity contribution in [3.05, 3.63) is 121 Å². The molecule has 42 heavy (non-hydrogen) atoms. The summed E-state index contributed by atoms with van der Waals surface area (Å²) in [5.41, 5.74) is 5.27. The molecule has 0 unspecified atom stereocenters. The third-order valence-corrected chi connectivity index (χ3v) is 8.34. The van der Waals surface area contributed by atoms with Gasteiger partial charge >= 0.3 is 0 Å². The number of carbonyl (C=O) groups excluding carboxylic acids is 1. The van der Waals surface area contributed by atoms with E-state index in [1.165, 1.54) is 11.8 Å². The predicted octanol–water partition coefficient (Wildman–Crippen LogP) is 10.0. The number of halogens is 3. The second-order valence-corrected chi connectivity index (χ2v) is 11.8. The van der Waals surface area contributed by atoms with Gasteiger partial charge in [0.25, 0.3) is 5.91 Å². The molecule has 4 aromatic rings. The SMILES string of the molecule is CCOc1cc(/C=C2\SC(=Nc3ccc(C)cc3)N(c3ccc(C)cc3)C2=O)cc(Cl)c1OCc1ccc(Cl)c(Cl)c1. The molecule has 0 spiro atoms. The Bertz CT molecular complexity index is 1690. The highest BCUT2D eigenvalue weighted by Gasteiger charge is 2.35. The number of benzene rings is 4. The van der Waals surface area contributed by atoms with E-state index in [4.69, 9.17) is 49.3 Å². The zero-order valence-corrected chi connectivity index (χ0v) is 26.2. The van der Waals surface area contributed by atoms with Gasteiger partial charge in [0.1, 0.15) is 6.61 Å². The molecule has 5 rings (SSSR count). The molecule has 9 heteroatoms. The Morgan fingerprint density at radius 1 is 0.833 bits per heavy atom. The van der Waals surface area contributed by atoms with E-state index in [-0.39, 0.29) is 12.5 Å². The lowest BCUT2D eigenvalue weighted by Crippen LogP contribution is -2.28. The van der Waals surface area contributed by atoms with E-state index in [1.54, 1.807) is 29.2 Å². The van der Waals surface area contributed by atoms with Crippen LogP contribution in [0, 0.1) is 13.8 Å². The fraction of sp³-hybridized carbons (Fsp3) is 0.152. The Kier molecular flexibility index (Phi) is 9.49. The molecular weight excluding hydrogens is 611 g/mol. The highest BCUT2D eigenvalue weighted by atomic mass is 35.5. The van der Waals surface area contributed by atoms with Crippen molar-refractivity contribution in [1.29, 1.82) is 0 Å². The van der Waals surface area contributed by atoms with Gasteiger partial charge in [-0.3, -0.25) is 9.69 Å². The first-order valence-corrected chi connectivity index (χ1v) is 15.2. The number of anilines is 1. The predicted molar refractivity (Wildman–Crippen MR) is 176 cm³/mol. The molecule has 1 aliphatic rings. The van der Waals surface area contributed by atoms with E-state index in [0.29, 0.717) is 48.8 Å². The number of aryl methyl sites for hydroxylation is 2. The average molecular weight is 638 g/mol. The summed E-state index contributed by atoms with van der Waals surface area (Å²) in [6.45, 7) is 6.53. The van der Waals surface area contributed by atoms with Crippen LogP contribution in [-0.4, -0.2) is 17.7 Å². The number of hydrogen-bond donors (Lipinski definition) is 0. The minimum absolute atomic E-state index is 0.177. The Balaban J connectivity index is 1.48. The van der Waals surface area contributed by atoms with Crippen molar-refractivity contribution >= 4 is 75.1 Å². The molecule has 0 aliphatic carbocycles. The van der Waals surface area contributed by atoms with Crippen molar-refractivity contribution in [3.8, 4) is 11.5 Å². The first-order valence-electron chi connectivity index (χ1n) is 13.2. The van der Waals surface area contributed by atoms with E-state index in [1.807, 2.05) is 81.4 Å². The molecule has 4 aromatic carbocycles. The van der Waals surface area contributed by atoms with Crippen molar-refractivity contribution < 1.29 is 14.3 Å². The van der Waals surface area contributed by atoms with Crippen LogP contribution in [0.25, 0.3) is 6.08 Å². The number of carbonyl (C=O) groups is 1. The largest absolute Gasteiger partial charge is 0.490 e. The van der Waals surface area contributed by atoms with Crippen LogP contribution < -0.4 is 14.4 Å². The molecule has 5 nitrogen and oxygen atoms in total. The Morgan fingerprint density at radius 2 is 1.52 bits per heavy atom. The van der Waals surface area contributed by atoms with E-state index in [0.717, 1.165) is 28.1 Å². The molecular formula is C33H27Cl3N2O3S. The van der Waals surface area contributed by atoms with Crippen LogP contribution in [0.1, 0.15) is 29.2 Å². The summed E-state index contributed by atoms with van der Waals surface area (Å²) in [6.07, 6.45) is 1.79. The molecule has 0 atom stereocenters. The topological polar surface area (TPSA) is 51.1 Å². The van der Waals surface area contributed by atoms with Gasteiger partial charge in [0.15, 0.2) is 16.7 Å². The minimum atomic E-state index is -0.177. The van der Waals surface area contributed by atoms with Crippen molar-refractivity contribution in [3.63, 3.8) is 0 Å². The number of rotatable bonds is 8. The highest BCUT2D eigenvalue weighted by molar-refractivity contribution is 8.19. The smallest absolute Gasteiger partial charge is 0.271 e. The van der Waals surface area contributed by atoms with Gasteiger partial charge in [-0.1, -0.05) is 76.3 Å². The van der Waals surface area contributed by atoms with Crippen LogP contribution >= 0.6 is 46.6 Å². The van der Waals surface area contributed by atoms with Crippen LogP contribution in [0.3, 0.4) is 0 Å². The summed E-state index contributed by atoms with van der Waals surface area (Å²) >= 11 is 20.2. The number of hydrogen-bond acceptors (Lipinski definition) is 5. The Morgan fingerprint density at radius 3 is 2.19 bits per heavy atom. The molecule has 0 radical (unpaired) electrons. The monoisotopic (exact) mass is 636 g/mol. The summed E-state index contributed by atoms with van der Waals surface area (Å²) in [5.74, 6) is 0.695. The van der Waals surface area contributed by atoms with Crippen LogP contribution in [0.15, 0.2) is 88.8 Å². The van der Waals surface area contributed by atoms with E-state index in [2.05, 4.69) is 0 Å². The maximum atomic E-state index is 13.8. The zero-order valence-electron chi connectivity index (χ0n) is 23.2. The third-order valence-electron chi connectivity index (χ3n) is 6.35. The van der Waals surface area contributed by atoms with Crippen LogP contribution in [0.5, 0.6) is 11.5 Å². The Labute approximate surface area is 264 Å². The summed E-state index contributed by atoms with van der Waals surface area (Å²) in [7, 11) is 0. The standard InChI is InChI=1S/C33H27Cl3N2O3S/c1-4-40-29-17-23(16-28(36)31(29)41-19-22-9-14-26(34)27(35)15-22)18-30-32(39)38(25-12-7-21(3)8-13-25)33(42-30)37-24-10-5-20(2)6-11-24/h5-18H,4,19H2,1-3H3/b30-18-,37-33?. The van der Waals surface area contributed by atoms with Gasteiger partial charge in [-0.25, -0.2) is 4.99 Å². The molecule has 0 bridgehead atoms. The van der Waals surface area contributed by atoms with Gasteiger partial charge in [0.05, 0.1) is 38.0 Å².